The van der Waals surface area contributed by atoms with Crippen molar-refractivity contribution in [1.82, 2.24) is 0 Å². The Kier molecular flexibility index (Phi) is 7.07. The van der Waals surface area contributed by atoms with Crippen LogP contribution in [0, 0.1) is 0 Å². The molecule has 1 aliphatic heterocycles. The van der Waals surface area contributed by atoms with Gasteiger partial charge in [0.2, 0.25) is 11.8 Å². The standard InChI is InChI=1S/C24H19ClN4O3S/c25-17-8-6-16(7-9-17)15-26-28-24-29(19-10-12-20(30)13-11-19)23(32)21(33-24)14-22(31)27-18-4-2-1-3-5-18/h1-13,15,21,30H,14H2,(H,27,31). The van der Waals surface area contributed by atoms with Crippen LogP contribution in [0.25, 0.3) is 0 Å². The van der Waals surface area contributed by atoms with Crippen molar-refractivity contribution in [3.8, 4) is 5.75 Å². The summed E-state index contributed by atoms with van der Waals surface area (Å²) in [5.41, 5.74) is 1.99. The van der Waals surface area contributed by atoms with Gasteiger partial charge >= 0.3 is 0 Å². The summed E-state index contributed by atoms with van der Waals surface area (Å²) >= 11 is 7.07. The molecule has 0 radical (unpaired) electrons. The fourth-order valence-corrected chi connectivity index (χ4v) is 4.32. The number of phenols is 1. The molecule has 0 spiro atoms. The Morgan fingerprint density at radius 3 is 2.45 bits per heavy atom. The summed E-state index contributed by atoms with van der Waals surface area (Å²) < 4.78 is 0. The number of amidine groups is 1. The van der Waals surface area contributed by atoms with E-state index in [2.05, 4.69) is 15.5 Å². The van der Waals surface area contributed by atoms with Crippen molar-refractivity contribution in [2.45, 2.75) is 11.7 Å². The van der Waals surface area contributed by atoms with Crippen LogP contribution in [0.4, 0.5) is 11.4 Å². The summed E-state index contributed by atoms with van der Waals surface area (Å²) in [6.45, 7) is 0. The minimum atomic E-state index is -0.660. The van der Waals surface area contributed by atoms with Gasteiger partial charge in [-0.1, -0.05) is 53.7 Å². The predicted molar refractivity (Wildman–Crippen MR) is 133 cm³/mol. The van der Waals surface area contributed by atoms with E-state index in [1.54, 1.807) is 54.7 Å². The second-order valence-electron chi connectivity index (χ2n) is 7.09. The highest BCUT2D eigenvalue weighted by atomic mass is 35.5. The maximum Gasteiger partial charge on any atom is 0.247 e. The summed E-state index contributed by atoms with van der Waals surface area (Å²) in [6, 6.07) is 22.3. The van der Waals surface area contributed by atoms with Gasteiger partial charge in [0.25, 0.3) is 0 Å². The number of carbonyl (C=O) groups excluding carboxylic acids is 2. The van der Waals surface area contributed by atoms with E-state index in [4.69, 9.17) is 11.6 Å². The molecule has 1 saturated heterocycles. The lowest BCUT2D eigenvalue weighted by atomic mass is 10.2. The average Bonchev–Trinajstić information content (AvgIpc) is 3.11. The number of benzene rings is 3. The average molecular weight is 479 g/mol. The Morgan fingerprint density at radius 2 is 1.76 bits per heavy atom. The molecule has 1 heterocycles. The molecule has 166 valence electrons. The van der Waals surface area contributed by atoms with Crippen molar-refractivity contribution >= 4 is 57.9 Å². The molecule has 7 nitrogen and oxygen atoms in total. The Balaban J connectivity index is 1.54. The maximum absolute atomic E-state index is 13.2. The van der Waals surface area contributed by atoms with Crippen LogP contribution in [-0.4, -0.2) is 33.6 Å². The third-order valence-electron chi connectivity index (χ3n) is 4.69. The molecule has 0 aromatic heterocycles. The van der Waals surface area contributed by atoms with Gasteiger partial charge in [-0.05, 0) is 54.1 Å². The molecule has 9 heteroatoms. The van der Waals surface area contributed by atoms with Crippen LogP contribution >= 0.6 is 23.4 Å². The van der Waals surface area contributed by atoms with Gasteiger partial charge in [-0.25, -0.2) is 0 Å². The number of aromatic hydroxyl groups is 1. The lowest BCUT2D eigenvalue weighted by Crippen LogP contribution is -2.33. The van der Waals surface area contributed by atoms with Crippen LogP contribution in [0.15, 0.2) is 89.1 Å². The Bertz CT molecular complexity index is 1200. The van der Waals surface area contributed by atoms with Crippen LogP contribution in [0.3, 0.4) is 0 Å². The summed E-state index contributed by atoms with van der Waals surface area (Å²) in [6.07, 6.45) is 1.53. The normalized spacial score (nSPS) is 17.1. The molecular formula is C24H19ClN4O3S. The Morgan fingerprint density at radius 1 is 1.06 bits per heavy atom. The first-order valence-corrected chi connectivity index (χ1v) is 11.3. The molecule has 0 aliphatic carbocycles. The number of hydrogen-bond donors (Lipinski definition) is 2. The number of anilines is 2. The van der Waals surface area contributed by atoms with Gasteiger partial charge in [-0.3, -0.25) is 14.5 Å². The van der Waals surface area contributed by atoms with Crippen LogP contribution in [0.5, 0.6) is 5.75 Å². The number of halogens is 1. The van der Waals surface area contributed by atoms with Crippen LogP contribution < -0.4 is 10.2 Å². The zero-order chi connectivity index (χ0) is 23.2. The number of hydrogen-bond acceptors (Lipinski definition) is 6. The lowest BCUT2D eigenvalue weighted by Gasteiger charge is -2.15. The summed E-state index contributed by atoms with van der Waals surface area (Å²) in [7, 11) is 0. The Labute approximate surface area is 199 Å². The maximum atomic E-state index is 13.2. The Hall–Kier alpha value is -3.62. The van der Waals surface area contributed by atoms with Gasteiger partial charge in [0.1, 0.15) is 11.0 Å². The highest BCUT2D eigenvalue weighted by Crippen LogP contribution is 2.34. The van der Waals surface area contributed by atoms with Crippen LogP contribution in [-0.2, 0) is 9.59 Å². The molecule has 3 aromatic carbocycles. The molecule has 0 saturated carbocycles. The van der Waals surface area contributed by atoms with Crippen molar-refractivity contribution < 1.29 is 14.7 Å². The fraction of sp³-hybridized carbons (Fsp3) is 0.0833. The first kappa shape index (κ1) is 22.6. The molecule has 1 fully saturated rings. The first-order chi connectivity index (χ1) is 16.0. The lowest BCUT2D eigenvalue weighted by molar-refractivity contribution is -0.121. The molecule has 0 bridgehead atoms. The quantitative estimate of drug-likeness (QED) is 0.388. The fourth-order valence-electron chi connectivity index (χ4n) is 3.10. The topological polar surface area (TPSA) is 94.4 Å². The SMILES string of the molecule is O=C(CC1SC(=NN=Cc2ccc(Cl)cc2)N(c2ccc(O)cc2)C1=O)Nc1ccccc1. The molecule has 3 aromatic rings. The van der Waals surface area contributed by atoms with Gasteiger partial charge < -0.3 is 10.4 Å². The van der Waals surface area contributed by atoms with Crippen LogP contribution in [0.2, 0.25) is 5.02 Å². The van der Waals surface area contributed by atoms with Crippen molar-refractivity contribution in [3.63, 3.8) is 0 Å². The second kappa shape index (κ2) is 10.3. The summed E-state index contributed by atoms with van der Waals surface area (Å²) in [5, 5.41) is 21.1. The van der Waals surface area contributed by atoms with Gasteiger partial charge in [-0.15, -0.1) is 5.10 Å². The van der Waals surface area contributed by atoms with Gasteiger partial charge in [0.05, 0.1) is 11.9 Å². The molecule has 2 amide bonds. The minimum Gasteiger partial charge on any atom is -0.508 e. The molecule has 1 atom stereocenters. The molecule has 1 unspecified atom stereocenters. The van der Waals surface area contributed by atoms with Crippen molar-refractivity contribution in [1.29, 1.82) is 0 Å². The summed E-state index contributed by atoms with van der Waals surface area (Å²) in [5.74, 6) is -0.478. The largest absolute Gasteiger partial charge is 0.508 e. The van der Waals surface area contributed by atoms with Crippen molar-refractivity contribution in [3.05, 3.63) is 89.4 Å². The monoisotopic (exact) mass is 478 g/mol. The van der Waals surface area contributed by atoms with Crippen molar-refractivity contribution in [2.75, 3.05) is 10.2 Å². The number of nitrogens with one attached hydrogen (secondary N) is 1. The van der Waals surface area contributed by atoms with E-state index in [9.17, 15) is 14.7 Å². The molecule has 2 N–H and O–H groups in total. The van der Waals surface area contributed by atoms with E-state index >= 15 is 0 Å². The van der Waals surface area contributed by atoms with E-state index < -0.39 is 5.25 Å². The third kappa shape index (κ3) is 5.79. The highest BCUT2D eigenvalue weighted by Gasteiger charge is 2.40. The smallest absolute Gasteiger partial charge is 0.247 e. The molecular weight excluding hydrogens is 460 g/mol. The number of para-hydroxylation sites is 1. The number of thioether (sulfide) groups is 1. The predicted octanol–water partition coefficient (Wildman–Crippen LogP) is 4.91. The summed E-state index contributed by atoms with van der Waals surface area (Å²) in [4.78, 5) is 27.1. The van der Waals surface area contributed by atoms with E-state index in [1.807, 2.05) is 18.2 Å². The van der Waals surface area contributed by atoms with Gasteiger partial charge in [0.15, 0.2) is 5.17 Å². The zero-order valence-corrected chi connectivity index (χ0v) is 18.8. The number of amides is 2. The number of nitrogens with zero attached hydrogens (tertiary/aromatic N) is 3. The van der Waals surface area contributed by atoms with E-state index in [0.717, 1.165) is 5.56 Å². The molecule has 33 heavy (non-hydrogen) atoms. The molecule has 4 rings (SSSR count). The second-order valence-corrected chi connectivity index (χ2v) is 8.70. The number of carbonyl (C=O) groups is 2. The molecule has 1 aliphatic rings. The van der Waals surface area contributed by atoms with Gasteiger partial charge in [0, 0.05) is 17.1 Å². The van der Waals surface area contributed by atoms with Crippen LogP contribution in [0.1, 0.15) is 12.0 Å². The number of phenolic OH excluding ortho intramolecular Hbond substituents is 1. The van der Waals surface area contributed by atoms with Gasteiger partial charge in [-0.2, -0.15) is 5.10 Å². The van der Waals surface area contributed by atoms with E-state index in [1.165, 1.54) is 28.8 Å². The third-order valence-corrected chi connectivity index (χ3v) is 6.07. The highest BCUT2D eigenvalue weighted by molar-refractivity contribution is 8.16. The first-order valence-electron chi connectivity index (χ1n) is 10.0. The van der Waals surface area contributed by atoms with E-state index in [0.29, 0.717) is 21.6 Å². The van der Waals surface area contributed by atoms with Crippen molar-refractivity contribution in [2.24, 2.45) is 10.2 Å². The minimum absolute atomic E-state index is 0.0209. The van der Waals surface area contributed by atoms with E-state index in [-0.39, 0.29) is 24.0 Å². The zero-order valence-electron chi connectivity index (χ0n) is 17.3. The number of rotatable bonds is 6.